The summed E-state index contributed by atoms with van der Waals surface area (Å²) in [5, 5.41) is 9.80. The van der Waals surface area contributed by atoms with Crippen molar-refractivity contribution in [3.63, 3.8) is 0 Å². The van der Waals surface area contributed by atoms with Crippen LogP contribution in [0.2, 0.25) is 0 Å². The molecule has 0 spiro atoms. The van der Waals surface area contributed by atoms with Crippen LogP contribution in [-0.2, 0) is 0 Å². The van der Waals surface area contributed by atoms with Gasteiger partial charge in [0.15, 0.2) is 0 Å². The van der Waals surface area contributed by atoms with Crippen molar-refractivity contribution in [1.82, 2.24) is 4.98 Å². The summed E-state index contributed by atoms with van der Waals surface area (Å²) in [6.07, 6.45) is 0. The zero-order chi connectivity index (χ0) is 17.9. The molecule has 0 saturated carbocycles. The van der Waals surface area contributed by atoms with Gasteiger partial charge < -0.3 is 0 Å². The molecule has 4 rings (SSSR count). The van der Waals surface area contributed by atoms with Gasteiger partial charge in [0.05, 0.1) is 11.4 Å². The molecule has 128 valence electrons. The Balaban J connectivity index is 1.52. The molecule has 1 N–H and O–H groups in total. The number of fused-ring (bicyclic) bond motifs is 1. The molecule has 0 saturated heterocycles. The van der Waals surface area contributed by atoms with Crippen molar-refractivity contribution in [1.29, 1.82) is 0 Å². The molecular weight excluding hydrogens is 453 g/mol. The largest absolute Gasteiger partial charge is 0.252 e. The average Bonchev–Trinajstić information content (AvgIpc) is 3.15. The van der Waals surface area contributed by atoms with Crippen molar-refractivity contribution < 1.29 is 0 Å². The van der Waals surface area contributed by atoms with Crippen LogP contribution in [0, 0.1) is 3.57 Å². The standard InChI is InChI=1S/C21H16IN3S/c1-14(17-7-6-15-4-2-3-5-18(15)12-17)24-25-21-23-20(13-26-21)16-8-10-19(22)11-9-16/h2-13H,1H3,(H,23,25)/b24-14+. The van der Waals surface area contributed by atoms with Crippen LogP contribution in [0.15, 0.2) is 77.2 Å². The fourth-order valence-electron chi connectivity index (χ4n) is 2.69. The molecule has 26 heavy (non-hydrogen) atoms. The van der Waals surface area contributed by atoms with Crippen molar-refractivity contribution in [2.45, 2.75) is 6.92 Å². The number of hydrazone groups is 1. The van der Waals surface area contributed by atoms with Gasteiger partial charge in [-0.15, -0.1) is 11.3 Å². The Bertz CT molecular complexity index is 1080. The zero-order valence-corrected chi connectivity index (χ0v) is 17.1. The Hall–Kier alpha value is -2.25. The van der Waals surface area contributed by atoms with Gasteiger partial charge in [0.2, 0.25) is 5.13 Å². The predicted molar refractivity (Wildman–Crippen MR) is 120 cm³/mol. The van der Waals surface area contributed by atoms with E-state index in [-0.39, 0.29) is 0 Å². The molecule has 0 aliphatic rings. The van der Waals surface area contributed by atoms with E-state index in [1.165, 1.54) is 14.3 Å². The van der Waals surface area contributed by atoms with Gasteiger partial charge in [0.25, 0.3) is 0 Å². The second-order valence-corrected chi connectivity index (χ2v) is 8.02. The minimum absolute atomic E-state index is 0.790. The van der Waals surface area contributed by atoms with Crippen LogP contribution < -0.4 is 5.43 Å². The fraction of sp³-hybridized carbons (Fsp3) is 0.0476. The van der Waals surface area contributed by atoms with Gasteiger partial charge in [-0.2, -0.15) is 5.10 Å². The van der Waals surface area contributed by atoms with Gasteiger partial charge >= 0.3 is 0 Å². The van der Waals surface area contributed by atoms with Crippen LogP contribution >= 0.6 is 33.9 Å². The highest BCUT2D eigenvalue weighted by atomic mass is 127. The smallest absolute Gasteiger partial charge is 0.203 e. The summed E-state index contributed by atoms with van der Waals surface area (Å²) < 4.78 is 1.22. The summed E-state index contributed by atoms with van der Waals surface area (Å²) in [5.74, 6) is 0. The van der Waals surface area contributed by atoms with E-state index < -0.39 is 0 Å². The maximum absolute atomic E-state index is 4.62. The second-order valence-electron chi connectivity index (χ2n) is 5.92. The van der Waals surface area contributed by atoms with E-state index in [4.69, 9.17) is 0 Å². The Morgan fingerprint density at radius 3 is 2.58 bits per heavy atom. The molecule has 1 heterocycles. The maximum atomic E-state index is 4.62. The van der Waals surface area contributed by atoms with Crippen LogP contribution in [-0.4, -0.2) is 10.7 Å². The first-order valence-electron chi connectivity index (χ1n) is 8.20. The topological polar surface area (TPSA) is 37.3 Å². The number of thiazole rings is 1. The molecule has 0 amide bonds. The number of benzene rings is 3. The maximum Gasteiger partial charge on any atom is 0.203 e. The molecule has 3 nitrogen and oxygen atoms in total. The molecule has 0 aliphatic heterocycles. The lowest BCUT2D eigenvalue weighted by atomic mass is 10.0. The SMILES string of the molecule is C/C(=N\Nc1nc(-c2ccc(I)cc2)cs1)c1ccc2ccccc2c1. The van der Waals surface area contributed by atoms with Crippen molar-refractivity contribution in [2.24, 2.45) is 5.10 Å². The highest BCUT2D eigenvalue weighted by Crippen LogP contribution is 2.25. The number of anilines is 1. The number of rotatable bonds is 4. The number of hydrogen-bond donors (Lipinski definition) is 1. The van der Waals surface area contributed by atoms with Gasteiger partial charge in [-0.05, 0) is 64.0 Å². The van der Waals surface area contributed by atoms with E-state index >= 15 is 0 Å². The Labute approximate surface area is 169 Å². The minimum atomic E-state index is 0.790. The first-order chi connectivity index (χ1) is 12.7. The third kappa shape index (κ3) is 3.78. The monoisotopic (exact) mass is 469 g/mol. The third-order valence-electron chi connectivity index (χ3n) is 4.13. The summed E-state index contributed by atoms with van der Waals surface area (Å²) in [7, 11) is 0. The molecule has 1 aromatic heterocycles. The molecule has 0 unspecified atom stereocenters. The second kappa shape index (κ2) is 7.55. The lowest BCUT2D eigenvalue weighted by Crippen LogP contribution is -1.99. The Morgan fingerprint density at radius 2 is 1.77 bits per heavy atom. The van der Waals surface area contributed by atoms with E-state index in [0.29, 0.717) is 0 Å². The zero-order valence-electron chi connectivity index (χ0n) is 14.1. The third-order valence-corrected chi connectivity index (χ3v) is 5.60. The van der Waals surface area contributed by atoms with E-state index in [2.05, 4.69) is 105 Å². The lowest BCUT2D eigenvalue weighted by molar-refractivity contribution is 1.27. The first-order valence-corrected chi connectivity index (χ1v) is 10.2. The van der Waals surface area contributed by atoms with Gasteiger partial charge in [-0.3, -0.25) is 5.43 Å². The Kier molecular flexibility index (Phi) is 4.99. The summed E-state index contributed by atoms with van der Waals surface area (Å²) >= 11 is 3.86. The van der Waals surface area contributed by atoms with Crippen molar-refractivity contribution >= 4 is 55.5 Å². The van der Waals surface area contributed by atoms with Crippen LogP contribution in [0.4, 0.5) is 5.13 Å². The van der Waals surface area contributed by atoms with Crippen molar-refractivity contribution in [2.75, 3.05) is 5.43 Å². The van der Waals surface area contributed by atoms with Gasteiger partial charge in [0, 0.05) is 14.5 Å². The molecule has 0 bridgehead atoms. The number of nitrogens with one attached hydrogen (secondary N) is 1. The fourth-order valence-corrected chi connectivity index (χ4v) is 3.71. The molecule has 3 aromatic carbocycles. The first kappa shape index (κ1) is 17.2. The van der Waals surface area contributed by atoms with E-state index in [1.807, 2.05) is 12.3 Å². The molecule has 0 aliphatic carbocycles. The molecule has 4 aromatic rings. The van der Waals surface area contributed by atoms with Gasteiger partial charge in [0.1, 0.15) is 0 Å². The Morgan fingerprint density at radius 1 is 1.00 bits per heavy atom. The molecule has 0 fully saturated rings. The lowest BCUT2D eigenvalue weighted by Gasteiger charge is -2.04. The van der Waals surface area contributed by atoms with Crippen LogP contribution in [0.5, 0.6) is 0 Å². The van der Waals surface area contributed by atoms with Crippen molar-refractivity contribution in [3.05, 3.63) is 81.2 Å². The number of halogens is 1. The van der Waals surface area contributed by atoms with E-state index in [0.717, 1.165) is 27.7 Å². The molecule has 0 atom stereocenters. The summed E-state index contributed by atoms with van der Waals surface area (Å²) in [6, 6.07) is 23.1. The van der Waals surface area contributed by atoms with Crippen LogP contribution in [0.25, 0.3) is 22.0 Å². The number of aromatic nitrogens is 1. The summed E-state index contributed by atoms with van der Waals surface area (Å²) in [6.45, 7) is 2.00. The quantitative estimate of drug-likeness (QED) is 0.213. The van der Waals surface area contributed by atoms with E-state index in [1.54, 1.807) is 11.3 Å². The van der Waals surface area contributed by atoms with E-state index in [9.17, 15) is 0 Å². The van der Waals surface area contributed by atoms with Crippen LogP contribution in [0.3, 0.4) is 0 Å². The molecule has 5 heteroatoms. The minimum Gasteiger partial charge on any atom is -0.252 e. The molecule has 0 radical (unpaired) electrons. The summed E-state index contributed by atoms with van der Waals surface area (Å²) in [5.41, 5.74) is 7.20. The number of hydrogen-bond acceptors (Lipinski definition) is 4. The average molecular weight is 469 g/mol. The highest BCUT2D eigenvalue weighted by Gasteiger charge is 2.05. The number of nitrogens with zero attached hydrogens (tertiary/aromatic N) is 2. The van der Waals surface area contributed by atoms with Gasteiger partial charge in [-0.1, -0.05) is 48.5 Å². The normalized spacial score (nSPS) is 11.7. The highest BCUT2D eigenvalue weighted by molar-refractivity contribution is 14.1. The predicted octanol–water partition coefficient (Wildman–Crippen LogP) is 6.40. The van der Waals surface area contributed by atoms with Gasteiger partial charge in [-0.25, -0.2) is 4.98 Å². The van der Waals surface area contributed by atoms with Crippen molar-refractivity contribution in [3.8, 4) is 11.3 Å². The summed E-state index contributed by atoms with van der Waals surface area (Å²) in [4.78, 5) is 4.62. The molecular formula is C21H16IN3S. The van der Waals surface area contributed by atoms with Crippen LogP contribution in [0.1, 0.15) is 12.5 Å².